The molecule has 2 atom stereocenters. The zero-order valence-corrected chi connectivity index (χ0v) is 13.2. The number of aryl methyl sites for hydroxylation is 1. The van der Waals surface area contributed by atoms with Gasteiger partial charge in [-0.15, -0.1) is 0 Å². The molecule has 1 N–H and O–H groups in total. The van der Waals surface area contributed by atoms with Crippen molar-refractivity contribution in [2.24, 2.45) is 0 Å². The minimum Gasteiger partial charge on any atom is -0.493 e. The fourth-order valence-corrected chi connectivity index (χ4v) is 4.42. The first-order chi connectivity index (χ1) is 9.16. The van der Waals surface area contributed by atoms with Crippen molar-refractivity contribution in [1.82, 2.24) is 15.1 Å². The molecule has 19 heavy (non-hydrogen) atoms. The van der Waals surface area contributed by atoms with Crippen LogP contribution in [0.1, 0.15) is 44.8 Å². The van der Waals surface area contributed by atoms with Crippen LogP contribution in [0.2, 0.25) is 0 Å². The summed E-state index contributed by atoms with van der Waals surface area (Å²) in [4.78, 5) is 0. The minimum absolute atomic E-state index is 0.230. The molecule has 1 aromatic heterocycles. The lowest BCUT2D eigenvalue weighted by atomic mass is 9.93. The molecule has 0 aliphatic carbocycles. The number of ether oxygens (including phenoxy) is 1. The first-order valence-corrected chi connectivity index (χ1v) is 8.05. The van der Waals surface area contributed by atoms with E-state index >= 15 is 0 Å². The molecule has 1 aromatic rings. The van der Waals surface area contributed by atoms with Crippen LogP contribution in [0.15, 0.2) is 6.20 Å². The number of rotatable bonds is 6. The van der Waals surface area contributed by atoms with Crippen LogP contribution >= 0.6 is 11.8 Å². The van der Waals surface area contributed by atoms with E-state index in [-0.39, 0.29) is 10.8 Å². The highest BCUT2D eigenvalue weighted by atomic mass is 32.2. The molecule has 1 aliphatic rings. The van der Waals surface area contributed by atoms with Crippen LogP contribution < -0.4 is 10.1 Å². The molecular weight excluding hydrogens is 258 g/mol. The van der Waals surface area contributed by atoms with Gasteiger partial charge in [0.1, 0.15) is 0 Å². The molecule has 2 heterocycles. The van der Waals surface area contributed by atoms with Gasteiger partial charge in [-0.05, 0) is 39.0 Å². The van der Waals surface area contributed by atoms with Crippen molar-refractivity contribution in [3.8, 4) is 5.75 Å². The topological polar surface area (TPSA) is 39.1 Å². The summed E-state index contributed by atoms with van der Waals surface area (Å²) in [6, 6.07) is 0.281. The van der Waals surface area contributed by atoms with Gasteiger partial charge in [0.25, 0.3) is 0 Å². The molecule has 0 saturated carbocycles. The first-order valence-electron chi connectivity index (χ1n) is 7.07. The van der Waals surface area contributed by atoms with Crippen molar-refractivity contribution in [2.45, 2.75) is 50.4 Å². The van der Waals surface area contributed by atoms with Crippen LogP contribution in [0.25, 0.3) is 0 Å². The Balaban J connectivity index is 2.38. The summed E-state index contributed by atoms with van der Waals surface area (Å²) in [6.07, 6.45) is 5.46. The Morgan fingerprint density at radius 3 is 2.95 bits per heavy atom. The zero-order valence-electron chi connectivity index (χ0n) is 12.4. The van der Waals surface area contributed by atoms with Crippen molar-refractivity contribution in [3.63, 3.8) is 0 Å². The summed E-state index contributed by atoms with van der Waals surface area (Å²) in [5, 5.41) is 7.99. The van der Waals surface area contributed by atoms with Gasteiger partial charge < -0.3 is 10.1 Å². The maximum Gasteiger partial charge on any atom is 0.161 e. The fourth-order valence-electron chi connectivity index (χ4n) is 2.98. The van der Waals surface area contributed by atoms with Gasteiger partial charge in [-0.25, -0.2) is 0 Å². The summed E-state index contributed by atoms with van der Waals surface area (Å²) in [5.74, 6) is 2.15. The first kappa shape index (κ1) is 14.7. The van der Waals surface area contributed by atoms with Crippen molar-refractivity contribution in [2.75, 3.05) is 19.9 Å². The van der Waals surface area contributed by atoms with Crippen LogP contribution in [0.3, 0.4) is 0 Å². The number of aromatic nitrogens is 2. The Morgan fingerprint density at radius 1 is 1.63 bits per heavy atom. The Morgan fingerprint density at radius 2 is 2.42 bits per heavy atom. The summed E-state index contributed by atoms with van der Waals surface area (Å²) >= 11 is 2.06. The van der Waals surface area contributed by atoms with Crippen molar-refractivity contribution in [3.05, 3.63) is 11.9 Å². The Labute approximate surface area is 120 Å². The molecule has 0 amide bonds. The van der Waals surface area contributed by atoms with Crippen LogP contribution in [0.5, 0.6) is 5.75 Å². The average Bonchev–Trinajstić information content (AvgIpc) is 2.99. The quantitative estimate of drug-likeness (QED) is 0.871. The summed E-state index contributed by atoms with van der Waals surface area (Å²) in [7, 11) is 3.77. The van der Waals surface area contributed by atoms with Crippen molar-refractivity contribution in [1.29, 1.82) is 0 Å². The van der Waals surface area contributed by atoms with Crippen molar-refractivity contribution < 1.29 is 4.74 Å². The number of nitrogens with zero attached hydrogens (tertiary/aromatic N) is 2. The maximum atomic E-state index is 5.53. The number of hydrogen-bond donors (Lipinski definition) is 1. The molecule has 1 fully saturated rings. The summed E-state index contributed by atoms with van der Waals surface area (Å²) < 4.78 is 7.86. The number of methoxy groups -OCH3 is 1. The Bertz CT molecular complexity index is 413. The normalized spacial score (nSPS) is 24.6. The Kier molecular flexibility index (Phi) is 4.79. The number of hydrogen-bond acceptors (Lipinski definition) is 4. The monoisotopic (exact) mass is 283 g/mol. The van der Waals surface area contributed by atoms with E-state index in [9.17, 15) is 0 Å². The van der Waals surface area contributed by atoms with E-state index in [0.717, 1.165) is 18.7 Å². The van der Waals surface area contributed by atoms with Gasteiger partial charge in [0, 0.05) is 11.3 Å². The predicted octanol–water partition coefficient (Wildman–Crippen LogP) is 2.85. The number of thioether (sulfide) groups is 1. The lowest BCUT2D eigenvalue weighted by Gasteiger charge is -2.33. The highest BCUT2D eigenvalue weighted by Crippen LogP contribution is 2.48. The molecule has 5 heteroatoms. The lowest BCUT2D eigenvalue weighted by molar-refractivity contribution is 0.366. The second kappa shape index (κ2) is 6.18. The van der Waals surface area contributed by atoms with E-state index in [1.165, 1.54) is 24.3 Å². The fraction of sp³-hybridized carbons (Fsp3) is 0.786. The molecule has 4 nitrogen and oxygen atoms in total. The zero-order chi connectivity index (χ0) is 13.9. The third-order valence-corrected chi connectivity index (χ3v) is 5.51. The average molecular weight is 283 g/mol. The molecule has 0 spiro atoms. The molecule has 2 rings (SSSR count). The Hall–Kier alpha value is -0.680. The van der Waals surface area contributed by atoms with Crippen molar-refractivity contribution >= 4 is 11.8 Å². The standard InChI is InChI=1S/C14H25N3OS/c1-5-8-17-12(11(18-4)10-16-17)13(15-3)14(2)7-6-9-19-14/h10,13,15H,5-9H2,1-4H3. The SMILES string of the molecule is CCCn1ncc(OC)c1C(NC)C1(C)CCCS1. The molecule has 2 unspecified atom stereocenters. The van der Waals surface area contributed by atoms with E-state index in [4.69, 9.17) is 4.74 Å². The van der Waals surface area contributed by atoms with Gasteiger partial charge in [-0.2, -0.15) is 16.9 Å². The van der Waals surface area contributed by atoms with Crippen LogP contribution in [0, 0.1) is 0 Å². The van der Waals surface area contributed by atoms with E-state index in [0.29, 0.717) is 0 Å². The van der Waals surface area contributed by atoms with Gasteiger partial charge >= 0.3 is 0 Å². The highest BCUT2D eigenvalue weighted by Gasteiger charge is 2.41. The lowest BCUT2D eigenvalue weighted by Crippen LogP contribution is -2.37. The van der Waals surface area contributed by atoms with E-state index < -0.39 is 0 Å². The van der Waals surface area contributed by atoms with Gasteiger partial charge in [0.15, 0.2) is 5.75 Å². The van der Waals surface area contributed by atoms with E-state index in [1.54, 1.807) is 7.11 Å². The molecule has 0 bridgehead atoms. The van der Waals surface area contributed by atoms with E-state index in [1.807, 2.05) is 13.2 Å². The third-order valence-electron chi connectivity index (χ3n) is 3.92. The summed E-state index contributed by atoms with van der Waals surface area (Å²) in [5.41, 5.74) is 1.20. The second-order valence-electron chi connectivity index (χ2n) is 5.31. The highest BCUT2D eigenvalue weighted by molar-refractivity contribution is 8.00. The second-order valence-corrected chi connectivity index (χ2v) is 6.94. The largest absolute Gasteiger partial charge is 0.493 e. The summed E-state index contributed by atoms with van der Waals surface area (Å²) in [6.45, 7) is 5.48. The molecule has 1 saturated heterocycles. The van der Waals surface area contributed by atoms with Gasteiger partial charge in [-0.3, -0.25) is 4.68 Å². The van der Waals surface area contributed by atoms with Gasteiger partial charge in [0.2, 0.25) is 0 Å². The van der Waals surface area contributed by atoms with Gasteiger partial charge in [0.05, 0.1) is 25.0 Å². The molecule has 0 radical (unpaired) electrons. The van der Waals surface area contributed by atoms with Crippen LogP contribution in [0.4, 0.5) is 0 Å². The third kappa shape index (κ3) is 2.77. The predicted molar refractivity (Wildman–Crippen MR) is 81.0 cm³/mol. The molecule has 0 aromatic carbocycles. The van der Waals surface area contributed by atoms with E-state index in [2.05, 4.69) is 40.7 Å². The number of nitrogens with one attached hydrogen (secondary N) is 1. The minimum atomic E-state index is 0.230. The molecule has 1 aliphatic heterocycles. The van der Waals surface area contributed by atoms with Gasteiger partial charge in [-0.1, -0.05) is 6.92 Å². The van der Waals surface area contributed by atoms with Crippen LogP contribution in [-0.4, -0.2) is 34.4 Å². The smallest absolute Gasteiger partial charge is 0.161 e. The molecule has 108 valence electrons. The maximum absolute atomic E-state index is 5.53. The molecular formula is C14H25N3OS. The van der Waals surface area contributed by atoms with Crippen LogP contribution in [-0.2, 0) is 6.54 Å².